The van der Waals surface area contributed by atoms with Crippen molar-refractivity contribution in [2.75, 3.05) is 13.1 Å². The summed E-state index contributed by atoms with van der Waals surface area (Å²) in [6.45, 7) is 2.66. The Morgan fingerprint density at radius 3 is 2.53 bits per heavy atom. The molecule has 0 aliphatic carbocycles. The first-order valence-corrected chi connectivity index (χ1v) is 12.4. The second kappa shape index (κ2) is 9.86. The minimum absolute atomic E-state index is 0.159. The number of fused-ring (bicyclic) bond motifs is 1. The van der Waals surface area contributed by atoms with Crippen LogP contribution in [0.5, 0.6) is 0 Å². The summed E-state index contributed by atoms with van der Waals surface area (Å²) < 4.78 is 3.63. The first-order valence-electron chi connectivity index (χ1n) is 11.6. The standard InChI is InChI=1S/C26H23N7O2S/c1-17(34)26(35)31-8-6-22(7-9-31)32-16-21(14-29-32)19-10-24(25-20(12-28)13-30-33(25)15-19)36-23-5-3-2-4-18(23)11-27/h2-5,10,13-17,22,34H,6-9H2,1H3. The molecule has 1 N–H and O–H groups in total. The lowest BCUT2D eigenvalue weighted by molar-refractivity contribution is -0.140. The molecule has 3 aromatic heterocycles. The fourth-order valence-corrected chi connectivity index (χ4v) is 5.56. The van der Waals surface area contributed by atoms with E-state index in [9.17, 15) is 20.4 Å². The maximum atomic E-state index is 12.1. The van der Waals surface area contributed by atoms with Crippen LogP contribution in [0, 0.1) is 22.7 Å². The summed E-state index contributed by atoms with van der Waals surface area (Å²) in [6.07, 6.45) is 7.76. The molecule has 0 bridgehead atoms. The minimum Gasteiger partial charge on any atom is -0.384 e. The zero-order valence-corrected chi connectivity index (χ0v) is 20.4. The number of hydrogen-bond acceptors (Lipinski definition) is 7. The fraction of sp³-hybridized carbons (Fsp3) is 0.269. The Morgan fingerprint density at radius 1 is 1.06 bits per heavy atom. The van der Waals surface area contributed by atoms with Crippen LogP contribution in [-0.4, -0.2) is 54.5 Å². The lowest BCUT2D eigenvalue weighted by Crippen LogP contribution is -2.43. The molecule has 1 saturated heterocycles. The van der Waals surface area contributed by atoms with E-state index in [-0.39, 0.29) is 11.9 Å². The number of nitriles is 2. The van der Waals surface area contributed by atoms with Crippen molar-refractivity contribution in [1.82, 2.24) is 24.3 Å². The first-order chi connectivity index (χ1) is 17.5. The van der Waals surface area contributed by atoms with Crippen molar-refractivity contribution in [3.63, 3.8) is 0 Å². The Balaban J connectivity index is 1.45. The summed E-state index contributed by atoms with van der Waals surface area (Å²) in [7, 11) is 0. The van der Waals surface area contributed by atoms with Crippen molar-refractivity contribution in [3.8, 4) is 23.3 Å². The van der Waals surface area contributed by atoms with Crippen LogP contribution in [0.15, 0.2) is 64.9 Å². The molecular formula is C26H23N7O2S. The third-order valence-corrected chi connectivity index (χ3v) is 7.47. The zero-order chi connectivity index (χ0) is 25.2. The molecule has 180 valence electrons. The van der Waals surface area contributed by atoms with Crippen LogP contribution in [0.4, 0.5) is 0 Å². The van der Waals surface area contributed by atoms with Crippen molar-refractivity contribution in [2.45, 2.75) is 41.7 Å². The molecule has 1 fully saturated rings. The quantitative estimate of drug-likeness (QED) is 0.446. The van der Waals surface area contributed by atoms with Crippen molar-refractivity contribution < 1.29 is 9.90 Å². The molecule has 1 aliphatic rings. The van der Waals surface area contributed by atoms with E-state index in [1.165, 1.54) is 18.7 Å². The number of aromatic nitrogens is 4. The molecular weight excluding hydrogens is 474 g/mol. The molecule has 0 spiro atoms. The van der Waals surface area contributed by atoms with Crippen LogP contribution in [-0.2, 0) is 4.79 Å². The lowest BCUT2D eigenvalue weighted by atomic mass is 10.0. The molecule has 0 radical (unpaired) electrons. The summed E-state index contributed by atoms with van der Waals surface area (Å²) in [4.78, 5) is 15.4. The van der Waals surface area contributed by atoms with Gasteiger partial charge < -0.3 is 10.0 Å². The highest BCUT2D eigenvalue weighted by Crippen LogP contribution is 2.37. The van der Waals surface area contributed by atoms with E-state index in [0.29, 0.717) is 29.7 Å². The average molecular weight is 498 g/mol. The number of amides is 1. The normalized spacial score (nSPS) is 14.9. The first kappa shape index (κ1) is 23.6. The van der Waals surface area contributed by atoms with E-state index in [1.54, 1.807) is 27.9 Å². The molecule has 10 heteroatoms. The zero-order valence-electron chi connectivity index (χ0n) is 19.6. The molecule has 0 saturated carbocycles. The third-order valence-electron chi connectivity index (χ3n) is 6.37. The Morgan fingerprint density at radius 2 is 1.81 bits per heavy atom. The number of carbonyl (C=O) groups excluding carboxylic acids is 1. The highest BCUT2D eigenvalue weighted by molar-refractivity contribution is 7.99. The number of aliphatic hydroxyl groups is 1. The Hall–Kier alpha value is -4.12. The number of likely N-dealkylation sites (tertiary alicyclic amines) is 1. The summed E-state index contributed by atoms with van der Waals surface area (Å²) in [5, 5.41) is 37.7. The molecule has 9 nitrogen and oxygen atoms in total. The van der Waals surface area contributed by atoms with Gasteiger partial charge in [-0.1, -0.05) is 23.9 Å². The smallest absolute Gasteiger partial charge is 0.251 e. The van der Waals surface area contributed by atoms with Crippen LogP contribution in [0.1, 0.15) is 36.9 Å². The number of rotatable bonds is 5. The van der Waals surface area contributed by atoms with Gasteiger partial charge in [0.2, 0.25) is 0 Å². The molecule has 36 heavy (non-hydrogen) atoms. The van der Waals surface area contributed by atoms with Gasteiger partial charge in [0.15, 0.2) is 0 Å². The van der Waals surface area contributed by atoms with E-state index < -0.39 is 6.10 Å². The third kappa shape index (κ3) is 4.44. The largest absolute Gasteiger partial charge is 0.384 e. The summed E-state index contributed by atoms with van der Waals surface area (Å²) in [5.41, 5.74) is 3.52. The van der Waals surface area contributed by atoms with Crippen molar-refractivity contribution in [2.24, 2.45) is 0 Å². The van der Waals surface area contributed by atoms with Gasteiger partial charge in [-0.3, -0.25) is 9.48 Å². The second-order valence-corrected chi connectivity index (χ2v) is 9.79. The van der Waals surface area contributed by atoms with Gasteiger partial charge in [0.25, 0.3) is 5.91 Å². The van der Waals surface area contributed by atoms with Crippen molar-refractivity contribution >= 4 is 23.2 Å². The molecule has 1 unspecified atom stereocenters. The molecule has 1 amide bonds. The van der Waals surface area contributed by atoms with E-state index in [1.807, 2.05) is 41.3 Å². The molecule has 1 aliphatic heterocycles. The van der Waals surface area contributed by atoms with Crippen LogP contribution >= 0.6 is 11.8 Å². The Kier molecular flexibility index (Phi) is 6.47. The molecule has 1 atom stereocenters. The number of carbonyl (C=O) groups is 1. The van der Waals surface area contributed by atoms with Gasteiger partial charge in [-0.15, -0.1) is 0 Å². The second-order valence-electron chi connectivity index (χ2n) is 8.71. The number of piperidine rings is 1. The number of aliphatic hydroxyl groups excluding tert-OH is 1. The van der Waals surface area contributed by atoms with E-state index in [0.717, 1.165) is 33.8 Å². The van der Waals surface area contributed by atoms with Gasteiger partial charge >= 0.3 is 0 Å². The SMILES string of the molecule is CC(O)C(=O)N1CCC(n2cc(-c3cc(Sc4ccccc4C#N)c4c(C#N)cnn4c3)cn2)CC1. The topological polar surface area (TPSA) is 123 Å². The summed E-state index contributed by atoms with van der Waals surface area (Å²) in [5.74, 6) is -0.234. The number of pyridine rings is 1. The monoisotopic (exact) mass is 497 g/mol. The predicted octanol–water partition coefficient (Wildman–Crippen LogP) is 3.64. The number of benzene rings is 1. The number of nitrogens with zero attached hydrogens (tertiary/aromatic N) is 7. The minimum atomic E-state index is -0.983. The van der Waals surface area contributed by atoms with Gasteiger partial charge in [-0.2, -0.15) is 20.7 Å². The van der Waals surface area contributed by atoms with Crippen LogP contribution in [0.2, 0.25) is 0 Å². The highest BCUT2D eigenvalue weighted by Gasteiger charge is 2.26. The van der Waals surface area contributed by atoms with Gasteiger partial charge in [-0.25, -0.2) is 4.52 Å². The van der Waals surface area contributed by atoms with Crippen LogP contribution in [0.3, 0.4) is 0 Å². The van der Waals surface area contributed by atoms with Crippen LogP contribution in [0.25, 0.3) is 16.6 Å². The lowest BCUT2D eigenvalue weighted by Gasteiger charge is -2.32. The Labute approximate surface area is 212 Å². The van der Waals surface area contributed by atoms with Gasteiger partial charge in [-0.05, 0) is 38.0 Å². The fourth-order valence-electron chi connectivity index (χ4n) is 4.47. The number of hydrogen-bond donors (Lipinski definition) is 1. The van der Waals surface area contributed by atoms with Crippen molar-refractivity contribution in [3.05, 3.63) is 66.2 Å². The molecule has 4 heterocycles. The van der Waals surface area contributed by atoms with Crippen LogP contribution < -0.4 is 0 Å². The van der Waals surface area contributed by atoms with Gasteiger partial charge in [0.1, 0.15) is 18.2 Å². The maximum Gasteiger partial charge on any atom is 0.251 e. The van der Waals surface area contributed by atoms with Gasteiger partial charge in [0, 0.05) is 46.4 Å². The highest BCUT2D eigenvalue weighted by atomic mass is 32.2. The average Bonchev–Trinajstić information content (AvgIpc) is 3.56. The predicted molar refractivity (Wildman–Crippen MR) is 133 cm³/mol. The summed E-state index contributed by atoms with van der Waals surface area (Å²) in [6, 6.07) is 14.0. The van der Waals surface area contributed by atoms with E-state index in [2.05, 4.69) is 22.3 Å². The molecule has 5 rings (SSSR count). The maximum absolute atomic E-state index is 12.1. The van der Waals surface area contributed by atoms with E-state index in [4.69, 9.17) is 0 Å². The Bertz CT molecular complexity index is 1520. The van der Waals surface area contributed by atoms with E-state index >= 15 is 0 Å². The van der Waals surface area contributed by atoms with Gasteiger partial charge in [0.05, 0.1) is 35.1 Å². The molecule has 1 aromatic carbocycles. The van der Waals surface area contributed by atoms with Crippen molar-refractivity contribution in [1.29, 1.82) is 10.5 Å². The molecule has 4 aromatic rings. The summed E-state index contributed by atoms with van der Waals surface area (Å²) >= 11 is 1.43.